The molecule has 0 aliphatic carbocycles. The molecule has 126 valence electrons. The Morgan fingerprint density at radius 3 is 2.33 bits per heavy atom. The molecular weight excluding hydrogens is 349 g/mol. The molecule has 1 fully saturated rings. The second kappa shape index (κ2) is 7.38. The molecule has 7 heteroatoms. The Labute approximate surface area is 150 Å². The van der Waals surface area contributed by atoms with Crippen molar-refractivity contribution in [3.8, 4) is 0 Å². The van der Waals surface area contributed by atoms with Crippen molar-refractivity contribution in [2.45, 2.75) is 6.54 Å². The van der Waals surface area contributed by atoms with Gasteiger partial charge in [0.25, 0.3) is 5.69 Å². The van der Waals surface area contributed by atoms with Gasteiger partial charge in [-0.3, -0.25) is 10.1 Å². The zero-order valence-corrected chi connectivity index (χ0v) is 14.6. The van der Waals surface area contributed by atoms with Crippen molar-refractivity contribution in [1.29, 1.82) is 0 Å². The maximum absolute atomic E-state index is 10.7. The van der Waals surface area contributed by atoms with Crippen LogP contribution in [0, 0.1) is 10.1 Å². The summed E-state index contributed by atoms with van der Waals surface area (Å²) < 4.78 is 0. The summed E-state index contributed by atoms with van der Waals surface area (Å²) in [5.41, 5.74) is 2.27. The predicted molar refractivity (Wildman–Crippen MR) is 96.2 cm³/mol. The molecule has 1 heterocycles. The first-order valence-electron chi connectivity index (χ1n) is 7.80. The number of nitrogens with zero attached hydrogens (tertiary/aromatic N) is 2. The summed E-state index contributed by atoms with van der Waals surface area (Å²) in [7, 11) is 0. The molecule has 1 N–H and O–H groups in total. The minimum atomic E-state index is -0.373. The summed E-state index contributed by atoms with van der Waals surface area (Å²) in [6.07, 6.45) is 0. The van der Waals surface area contributed by atoms with Crippen molar-refractivity contribution in [2.24, 2.45) is 0 Å². The Kier molecular flexibility index (Phi) is 5.23. The number of piperazine rings is 1. The van der Waals surface area contributed by atoms with E-state index < -0.39 is 0 Å². The highest BCUT2D eigenvalue weighted by Gasteiger charge is 2.21. The molecule has 1 aliphatic heterocycles. The van der Waals surface area contributed by atoms with Gasteiger partial charge in [0.05, 0.1) is 36.1 Å². The van der Waals surface area contributed by atoms with Crippen molar-refractivity contribution >= 4 is 34.6 Å². The van der Waals surface area contributed by atoms with Gasteiger partial charge in [-0.1, -0.05) is 29.3 Å². The van der Waals surface area contributed by atoms with Gasteiger partial charge in [0.2, 0.25) is 0 Å². The summed E-state index contributed by atoms with van der Waals surface area (Å²) in [5, 5.41) is 12.1. The Morgan fingerprint density at radius 1 is 1.08 bits per heavy atom. The van der Waals surface area contributed by atoms with Gasteiger partial charge in [-0.15, -0.1) is 0 Å². The second-order valence-corrected chi connectivity index (χ2v) is 6.77. The standard InChI is InChI=1S/C17H17Cl2N3O2/c18-14-2-1-13(17(19)11-14)12-20-7-9-21(10-8-20)15-3-5-16(6-4-15)22(23)24/h1-6,11H,7-10,12H2/p+1. The predicted octanol–water partition coefficient (Wildman–Crippen LogP) is 2.81. The van der Waals surface area contributed by atoms with E-state index in [2.05, 4.69) is 4.90 Å². The highest BCUT2D eigenvalue weighted by Crippen LogP contribution is 2.21. The number of nitrogens with one attached hydrogen (secondary N) is 1. The lowest BCUT2D eigenvalue weighted by molar-refractivity contribution is -0.914. The molecule has 2 aromatic rings. The first kappa shape index (κ1) is 17.0. The number of benzene rings is 2. The fourth-order valence-electron chi connectivity index (χ4n) is 2.98. The molecule has 0 atom stereocenters. The molecule has 0 spiro atoms. The van der Waals surface area contributed by atoms with Gasteiger partial charge in [-0.2, -0.15) is 0 Å². The highest BCUT2D eigenvalue weighted by atomic mass is 35.5. The van der Waals surface area contributed by atoms with Crippen LogP contribution >= 0.6 is 23.2 Å². The van der Waals surface area contributed by atoms with Crippen LogP contribution in [0.1, 0.15) is 5.56 Å². The van der Waals surface area contributed by atoms with Crippen molar-refractivity contribution in [1.82, 2.24) is 0 Å². The molecule has 0 aromatic heterocycles. The van der Waals surface area contributed by atoms with E-state index in [1.165, 1.54) is 4.90 Å². The van der Waals surface area contributed by atoms with Gasteiger partial charge in [-0.25, -0.2) is 0 Å². The molecule has 1 saturated heterocycles. The average molecular weight is 367 g/mol. The summed E-state index contributed by atoms with van der Waals surface area (Å²) >= 11 is 12.2. The largest absolute Gasteiger partial charge is 0.360 e. The Morgan fingerprint density at radius 2 is 1.75 bits per heavy atom. The lowest BCUT2D eigenvalue weighted by Gasteiger charge is -2.33. The maximum Gasteiger partial charge on any atom is 0.269 e. The van der Waals surface area contributed by atoms with E-state index in [0.717, 1.165) is 44.0 Å². The molecule has 0 amide bonds. The van der Waals surface area contributed by atoms with Crippen LogP contribution in [-0.4, -0.2) is 31.1 Å². The van der Waals surface area contributed by atoms with Crippen LogP contribution in [0.5, 0.6) is 0 Å². The minimum Gasteiger partial charge on any atom is -0.360 e. The molecule has 24 heavy (non-hydrogen) atoms. The number of halogens is 2. The lowest BCUT2D eigenvalue weighted by Crippen LogP contribution is -3.13. The number of rotatable bonds is 4. The molecule has 0 radical (unpaired) electrons. The molecule has 0 unspecified atom stereocenters. The number of quaternary nitrogens is 1. The maximum atomic E-state index is 10.7. The Hall–Kier alpha value is -1.82. The molecule has 0 saturated carbocycles. The van der Waals surface area contributed by atoms with Gasteiger partial charge in [0.1, 0.15) is 6.54 Å². The summed E-state index contributed by atoms with van der Waals surface area (Å²) in [4.78, 5) is 14.1. The number of non-ortho nitro benzene ring substituents is 1. The first-order chi connectivity index (χ1) is 11.5. The first-order valence-corrected chi connectivity index (χ1v) is 8.55. The number of nitro benzene ring substituents is 1. The summed E-state index contributed by atoms with van der Waals surface area (Å²) in [5.74, 6) is 0. The van der Waals surface area contributed by atoms with Gasteiger partial charge < -0.3 is 9.80 Å². The number of hydrogen-bond acceptors (Lipinski definition) is 3. The highest BCUT2D eigenvalue weighted by molar-refractivity contribution is 6.35. The van der Waals surface area contributed by atoms with Gasteiger partial charge in [-0.05, 0) is 24.3 Å². The van der Waals surface area contributed by atoms with Gasteiger partial charge in [0.15, 0.2) is 0 Å². The third-order valence-corrected chi connectivity index (χ3v) is 4.94. The molecule has 1 aliphatic rings. The number of nitro groups is 1. The monoisotopic (exact) mass is 366 g/mol. The van der Waals surface area contributed by atoms with E-state index in [1.54, 1.807) is 18.2 Å². The van der Waals surface area contributed by atoms with Crippen molar-refractivity contribution < 1.29 is 9.82 Å². The van der Waals surface area contributed by atoms with Crippen LogP contribution in [0.3, 0.4) is 0 Å². The van der Waals surface area contributed by atoms with E-state index in [9.17, 15) is 10.1 Å². The van der Waals surface area contributed by atoms with Gasteiger partial charge in [0, 0.05) is 28.4 Å². The Balaban J connectivity index is 1.58. The van der Waals surface area contributed by atoms with E-state index in [4.69, 9.17) is 23.2 Å². The average Bonchev–Trinajstić information content (AvgIpc) is 2.58. The second-order valence-electron chi connectivity index (χ2n) is 5.92. The molecule has 2 aromatic carbocycles. The van der Waals surface area contributed by atoms with Crippen molar-refractivity contribution in [2.75, 3.05) is 31.1 Å². The summed E-state index contributed by atoms with van der Waals surface area (Å²) in [6.45, 7) is 4.70. The van der Waals surface area contributed by atoms with Crippen molar-refractivity contribution in [3.05, 3.63) is 68.2 Å². The quantitative estimate of drug-likeness (QED) is 0.668. The van der Waals surface area contributed by atoms with Gasteiger partial charge >= 0.3 is 0 Å². The minimum absolute atomic E-state index is 0.125. The Bertz CT molecular complexity index is 729. The molecular formula is C17H18Cl2N3O2+. The van der Waals surface area contributed by atoms with Crippen LogP contribution in [0.4, 0.5) is 11.4 Å². The zero-order chi connectivity index (χ0) is 17.1. The van der Waals surface area contributed by atoms with E-state index in [1.807, 2.05) is 24.3 Å². The normalized spacial score (nSPS) is 15.5. The fourth-order valence-corrected chi connectivity index (χ4v) is 3.45. The van der Waals surface area contributed by atoms with E-state index >= 15 is 0 Å². The van der Waals surface area contributed by atoms with E-state index in [0.29, 0.717) is 10.0 Å². The SMILES string of the molecule is O=[N+]([O-])c1ccc(N2CC[NH+](Cc3ccc(Cl)cc3Cl)CC2)cc1. The van der Waals surface area contributed by atoms with Crippen LogP contribution < -0.4 is 9.80 Å². The molecule has 5 nitrogen and oxygen atoms in total. The smallest absolute Gasteiger partial charge is 0.269 e. The number of hydrogen-bond donors (Lipinski definition) is 1. The zero-order valence-electron chi connectivity index (χ0n) is 13.0. The molecule has 3 rings (SSSR count). The fraction of sp³-hybridized carbons (Fsp3) is 0.294. The van der Waals surface area contributed by atoms with E-state index in [-0.39, 0.29) is 10.6 Å². The number of anilines is 1. The lowest BCUT2D eigenvalue weighted by atomic mass is 10.2. The third kappa shape index (κ3) is 3.98. The molecule has 0 bridgehead atoms. The van der Waals surface area contributed by atoms with Crippen LogP contribution in [-0.2, 0) is 6.54 Å². The van der Waals surface area contributed by atoms with Crippen LogP contribution in [0.25, 0.3) is 0 Å². The topological polar surface area (TPSA) is 50.8 Å². The summed E-state index contributed by atoms with van der Waals surface area (Å²) in [6, 6.07) is 12.4. The van der Waals surface area contributed by atoms with Crippen LogP contribution in [0.2, 0.25) is 10.0 Å². The van der Waals surface area contributed by atoms with Crippen molar-refractivity contribution in [3.63, 3.8) is 0 Å². The van der Waals surface area contributed by atoms with Crippen LogP contribution in [0.15, 0.2) is 42.5 Å². The third-order valence-electron chi connectivity index (χ3n) is 4.35.